The van der Waals surface area contributed by atoms with Crippen molar-refractivity contribution in [2.24, 2.45) is 0 Å². The van der Waals surface area contributed by atoms with Gasteiger partial charge in [0, 0.05) is 12.1 Å². The Hall–Kier alpha value is -1.80. The summed E-state index contributed by atoms with van der Waals surface area (Å²) in [4.78, 5) is 0. The molecule has 0 aromatic heterocycles. The van der Waals surface area contributed by atoms with Crippen molar-refractivity contribution in [1.82, 2.24) is 5.32 Å². The second-order valence-corrected chi connectivity index (χ2v) is 5.17. The Morgan fingerprint density at radius 3 is 2.35 bits per heavy atom. The van der Waals surface area contributed by atoms with Gasteiger partial charge in [0.05, 0.1) is 0 Å². The lowest BCUT2D eigenvalue weighted by Gasteiger charge is -2.13. The van der Waals surface area contributed by atoms with E-state index in [4.69, 9.17) is 4.74 Å². The molecule has 1 N–H and O–H groups in total. The van der Waals surface area contributed by atoms with Gasteiger partial charge in [0.1, 0.15) is 12.4 Å². The minimum atomic E-state index is 0.614. The molecular formula is C18H23NO. The molecular weight excluding hydrogens is 246 g/mol. The third kappa shape index (κ3) is 4.10. The standard InChI is InChI=1S/C18H23NO/c1-4-19-12-17-11-15(3)7-10-18(17)20-13-16-8-5-14(2)6-9-16/h5-11,19H,4,12-13H2,1-3H3. The summed E-state index contributed by atoms with van der Waals surface area (Å²) >= 11 is 0. The second-order valence-electron chi connectivity index (χ2n) is 5.17. The maximum absolute atomic E-state index is 5.98. The van der Waals surface area contributed by atoms with Crippen molar-refractivity contribution >= 4 is 0 Å². The van der Waals surface area contributed by atoms with Crippen LogP contribution in [0.15, 0.2) is 42.5 Å². The molecule has 0 atom stereocenters. The van der Waals surface area contributed by atoms with E-state index >= 15 is 0 Å². The van der Waals surface area contributed by atoms with Crippen LogP contribution in [-0.2, 0) is 13.2 Å². The third-order valence-electron chi connectivity index (χ3n) is 3.30. The summed E-state index contributed by atoms with van der Waals surface area (Å²) in [6.07, 6.45) is 0. The summed E-state index contributed by atoms with van der Waals surface area (Å²) in [5.41, 5.74) is 4.96. The van der Waals surface area contributed by atoms with Crippen LogP contribution in [-0.4, -0.2) is 6.54 Å². The van der Waals surface area contributed by atoms with Gasteiger partial charge in [-0.05, 0) is 32.0 Å². The molecule has 0 aliphatic heterocycles. The summed E-state index contributed by atoms with van der Waals surface area (Å²) in [6.45, 7) is 8.75. The first kappa shape index (κ1) is 14.6. The van der Waals surface area contributed by atoms with Gasteiger partial charge in [-0.2, -0.15) is 0 Å². The van der Waals surface area contributed by atoms with Crippen LogP contribution >= 0.6 is 0 Å². The minimum absolute atomic E-state index is 0.614. The van der Waals surface area contributed by atoms with Crippen LogP contribution in [0.3, 0.4) is 0 Å². The molecule has 0 heterocycles. The van der Waals surface area contributed by atoms with Gasteiger partial charge in [-0.1, -0.05) is 54.4 Å². The van der Waals surface area contributed by atoms with Crippen LogP contribution in [0.25, 0.3) is 0 Å². The molecule has 2 aromatic rings. The van der Waals surface area contributed by atoms with Crippen LogP contribution in [0.1, 0.15) is 29.2 Å². The lowest BCUT2D eigenvalue weighted by molar-refractivity contribution is 0.302. The number of ether oxygens (including phenoxy) is 1. The maximum Gasteiger partial charge on any atom is 0.124 e. The smallest absolute Gasteiger partial charge is 0.124 e. The Balaban J connectivity index is 2.06. The van der Waals surface area contributed by atoms with E-state index < -0.39 is 0 Å². The predicted molar refractivity (Wildman–Crippen MR) is 84.1 cm³/mol. The molecule has 0 fully saturated rings. The van der Waals surface area contributed by atoms with E-state index in [0.717, 1.165) is 18.8 Å². The van der Waals surface area contributed by atoms with Gasteiger partial charge in [0.15, 0.2) is 0 Å². The molecule has 0 bridgehead atoms. The Labute approximate surface area is 121 Å². The molecule has 0 spiro atoms. The van der Waals surface area contributed by atoms with Crippen molar-refractivity contribution < 1.29 is 4.74 Å². The van der Waals surface area contributed by atoms with Crippen LogP contribution in [0.4, 0.5) is 0 Å². The summed E-state index contributed by atoms with van der Waals surface area (Å²) < 4.78 is 5.98. The van der Waals surface area contributed by atoms with Gasteiger partial charge in [-0.15, -0.1) is 0 Å². The first-order valence-corrected chi connectivity index (χ1v) is 7.17. The maximum atomic E-state index is 5.98. The lowest BCUT2D eigenvalue weighted by Crippen LogP contribution is -2.13. The van der Waals surface area contributed by atoms with E-state index in [2.05, 4.69) is 68.6 Å². The lowest BCUT2D eigenvalue weighted by atomic mass is 10.1. The zero-order valence-electron chi connectivity index (χ0n) is 12.6. The van der Waals surface area contributed by atoms with Crippen molar-refractivity contribution in [3.8, 4) is 5.75 Å². The van der Waals surface area contributed by atoms with E-state index in [9.17, 15) is 0 Å². The van der Waals surface area contributed by atoms with Crippen LogP contribution in [0.2, 0.25) is 0 Å². The summed E-state index contributed by atoms with van der Waals surface area (Å²) in [6, 6.07) is 14.8. The highest BCUT2D eigenvalue weighted by Crippen LogP contribution is 2.21. The predicted octanol–water partition coefficient (Wildman–Crippen LogP) is 3.99. The number of rotatable bonds is 6. The van der Waals surface area contributed by atoms with Gasteiger partial charge >= 0.3 is 0 Å². The van der Waals surface area contributed by atoms with Crippen molar-refractivity contribution in [3.05, 3.63) is 64.7 Å². The van der Waals surface area contributed by atoms with Gasteiger partial charge in [-0.3, -0.25) is 0 Å². The fourth-order valence-electron chi connectivity index (χ4n) is 2.09. The second kappa shape index (κ2) is 7.11. The average Bonchev–Trinajstić information content (AvgIpc) is 2.46. The number of benzene rings is 2. The van der Waals surface area contributed by atoms with E-state index in [0.29, 0.717) is 6.61 Å². The molecule has 0 aliphatic carbocycles. The molecule has 0 amide bonds. The Morgan fingerprint density at radius 2 is 1.65 bits per heavy atom. The Morgan fingerprint density at radius 1 is 0.950 bits per heavy atom. The molecule has 0 unspecified atom stereocenters. The van der Waals surface area contributed by atoms with Gasteiger partial charge in [0.2, 0.25) is 0 Å². The van der Waals surface area contributed by atoms with E-state index in [1.807, 2.05) is 0 Å². The van der Waals surface area contributed by atoms with Crippen molar-refractivity contribution in [2.45, 2.75) is 33.9 Å². The van der Waals surface area contributed by atoms with Crippen molar-refractivity contribution in [2.75, 3.05) is 6.54 Å². The van der Waals surface area contributed by atoms with Crippen LogP contribution in [0, 0.1) is 13.8 Å². The number of hydrogen-bond acceptors (Lipinski definition) is 2. The molecule has 2 nitrogen and oxygen atoms in total. The molecule has 2 rings (SSSR count). The Bertz CT molecular complexity index is 546. The molecule has 0 saturated carbocycles. The minimum Gasteiger partial charge on any atom is -0.489 e. The SMILES string of the molecule is CCNCc1cc(C)ccc1OCc1ccc(C)cc1. The summed E-state index contributed by atoms with van der Waals surface area (Å²) in [5, 5.41) is 3.36. The van der Waals surface area contributed by atoms with Gasteiger partial charge in [-0.25, -0.2) is 0 Å². The number of hydrogen-bond donors (Lipinski definition) is 1. The Kier molecular flexibility index (Phi) is 5.19. The highest BCUT2D eigenvalue weighted by atomic mass is 16.5. The quantitative estimate of drug-likeness (QED) is 0.856. The summed E-state index contributed by atoms with van der Waals surface area (Å²) in [5.74, 6) is 0.970. The molecule has 2 heteroatoms. The number of aryl methyl sites for hydroxylation is 2. The fourth-order valence-corrected chi connectivity index (χ4v) is 2.09. The molecule has 0 radical (unpaired) electrons. The largest absolute Gasteiger partial charge is 0.489 e. The van der Waals surface area contributed by atoms with Gasteiger partial charge < -0.3 is 10.1 Å². The topological polar surface area (TPSA) is 21.3 Å². The molecule has 0 aliphatic rings. The molecule has 2 aromatic carbocycles. The van der Waals surface area contributed by atoms with Crippen molar-refractivity contribution in [3.63, 3.8) is 0 Å². The van der Waals surface area contributed by atoms with E-state index in [-0.39, 0.29) is 0 Å². The zero-order chi connectivity index (χ0) is 14.4. The zero-order valence-corrected chi connectivity index (χ0v) is 12.6. The number of nitrogens with one attached hydrogen (secondary N) is 1. The monoisotopic (exact) mass is 269 g/mol. The molecule has 0 saturated heterocycles. The first-order chi connectivity index (χ1) is 9.69. The van der Waals surface area contributed by atoms with Crippen LogP contribution in [0.5, 0.6) is 5.75 Å². The molecule has 106 valence electrons. The average molecular weight is 269 g/mol. The third-order valence-corrected chi connectivity index (χ3v) is 3.30. The fraction of sp³-hybridized carbons (Fsp3) is 0.333. The normalized spacial score (nSPS) is 10.6. The van der Waals surface area contributed by atoms with Crippen molar-refractivity contribution in [1.29, 1.82) is 0 Å². The summed E-state index contributed by atoms with van der Waals surface area (Å²) in [7, 11) is 0. The highest BCUT2D eigenvalue weighted by molar-refractivity contribution is 5.37. The van der Waals surface area contributed by atoms with Gasteiger partial charge in [0.25, 0.3) is 0 Å². The van der Waals surface area contributed by atoms with Crippen LogP contribution < -0.4 is 10.1 Å². The molecule has 20 heavy (non-hydrogen) atoms. The van der Waals surface area contributed by atoms with E-state index in [1.54, 1.807) is 0 Å². The first-order valence-electron chi connectivity index (χ1n) is 7.17. The van der Waals surface area contributed by atoms with E-state index in [1.165, 1.54) is 22.3 Å². The highest BCUT2D eigenvalue weighted by Gasteiger charge is 2.04.